The maximum Gasteiger partial charge on any atom is 1.00 e. The van der Waals surface area contributed by atoms with E-state index in [4.69, 9.17) is 0 Å². The third-order valence-corrected chi connectivity index (χ3v) is 2.10. The molecule has 1 nitrogen and oxygen atoms in total. The first-order chi connectivity index (χ1) is 4.88. The molecule has 0 radical (unpaired) electrons. The van der Waals surface area contributed by atoms with Crippen molar-refractivity contribution >= 4 is 26.8 Å². The molecule has 0 spiro atoms. The Morgan fingerprint density at radius 2 is 2.00 bits per heavy atom. The number of hydrogen-bond donors (Lipinski definition) is 1. The molecule has 0 aliphatic rings. The van der Waals surface area contributed by atoms with Crippen LogP contribution >= 0.6 is 15.9 Å². The van der Waals surface area contributed by atoms with Gasteiger partial charge in [-0.15, -0.1) is 23.0 Å². The molecule has 1 aromatic heterocycles. The Morgan fingerprint density at radius 3 is 2.73 bits per heavy atom. The summed E-state index contributed by atoms with van der Waals surface area (Å²) in [4.78, 5) is 3.02. The number of aromatic nitrogens is 1. The van der Waals surface area contributed by atoms with Crippen LogP contribution in [0.4, 0.5) is 0 Å². The van der Waals surface area contributed by atoms with E-state index in [1.807, 2.05) is 24.3 Å². The minimum absolute atomic E-state index is 0. The summed E-state index contributed by atoms with van der Waals surface area (Å²) in [6.07, 6.45) is 2.97. The van der Waals surface area contributed by atoms with Gasteiger partial charge in [0.15, 0.2) is 0 Å². The Bertz CT molecular complexity index is 356. The van der Waals surface area contributed by atoms with E-state index in [1.165, 1.54) is 5.39 Å². The average molecular weight is 202 g/mol. The summed E-state index contributed by atoms with van der Waals surface area (Å²) in [5.74, 6) is 0. The smallest absolute Gasteiger partial charge is 0.477 e. The fourth-order valence-electron chi connectivity index (χ4n) is 0.973. The predicted molar refractivity (Wildman–Crippen MR) is 44.8 cm³/mol. The molecule has 2 rings (SSSR count). The predicted octanol–water partition coefficient (Wildman–Crippen LogP) is -0.265. The SMILES string of the molecule is Brc1[c-][nH]c2ccccc12.[Li+]. The van der Waals surface area contributed by atoms with Gasteiger partial charge in [-0.1, -0.05) is 38.7 Å². The molecule has 0 aliphatic heterocycles. The van der Waals surface area contributed by atoms with E-state index in [0.717, 1.165) is 9.99 Å². The Labute approximate surface area is 85.5 Å². The van der Waals surface area contributed by atoms with Crippen LogP contribution in [-0.2, 0) is 0 Å². The monoisotopic (exact) mass is 201 g/mol. The quantitative estimate of drug-likeness (QED) is 0.447. The third kappa shape index (κ3) is 1.54. The number of aromatic amines is 1. The molecule has 0 unspecified atom stereocenters. The van der Waals surface area contributed by atoms with Gasteiger partial charge in [0.2, 0.25) is 0 Å². The number of benzene rings is 1. The van der Waals surface area contributed by atoms with E-state index in [1.54, 1.807) is 0 Å². The van der Waals surface area contributed by atoms with Crippen molar-refractivity contribution in [3.8, 4) is 0 Å². The topological polar surface area (TPSA) is 15.8 Å². The van der Waals surface area contributed by atoms with Gasteiger partial charge in [-0.3, -0.25) is 0 Å². The van der Waals surface area contributed by atoms with Gasteiger partial charge in [-0.2, -0.15) is 0 Å². The van der Waals surface area contributed by atoms with Crippen molar-refractivity contribution in [1.29, 1.82) is 0 Å². The molecule has 1 N–H and O–H groups in total. The van der Waals surface area contributed by atoms with E-state index < -0.39 is 0 Å². The maximum atomic E-state index is 3.38. The van der Waals surface area contributed by atoms with Crippen molar-refractivity contribution in [3.05, 3.63) is 34.9 Å². The zero-order valence-electron chi connectivity index (χ0n) is 6.19. The summed E-state index contributed by atoms with van der Waals surface area (Å²) in [5, 5.41) is 1.18. The van der Waals surface area contributed by atoms with Crippen LogP contribution in [0.15, 0.2) is 28.7 Å². The molecule has 0 saturated heterocycles. The van der Waals surface area contributed by atoms with Gasteiger partial charge in [0.1, 0.15) is 0 Å². The molecular weight excluding hydrogens is 197 g/mol. The van der Waals surface area contributed by atoms with Gasteiger partial charge in [0.05, 0.1) is 0 Å². The van der Waals surface area contributed by atoms with E-state index in [-0.39, 0.29) is 18.9 Å². The molecule has 2 aromatic rings. The number of fused-ring (bicyclic) bond motifs is 1. The normalized spacial score (nSPS) is 9.55. The van der Waals surface area contributed by atoms with E-state index in [0.29, 0.717) is 0 Å². The largest absolute Gasteiger partial charge is 1.00 e. The molecule has 1 heterocycles. The van der Waals surface area contributed by atoms with Gasteiger partial charge >= 0.3 is 18.9 Å². The van der Waals surface area contributed by atoms with Crippen molar-refractivity contribution in [2.75, 3.05) is 0 Å². The first-order valence-corrected chi connectivity index (χ1v) is 3.81. The van der Waals surface area contributed by atoms with Crippen LogP contribution in [0.5, 0.6) is 0 Å². The molecule has 0 atom stereocenters. The average Bonchev–Trinajstić information content (AvgIpc) is 2.34. The van der Waals surface area contributed by atoms with Crippen LogP contribution in [0.2, 0.25) is 0 Å². The number of nitrogens with one attached hydrogen (secondary N) is 1. The summed E-state index contributed by atoms with van der Waals surface area (Å²) < 4.78 is 1.00. The number of para-hydroxylation sites is 1. The number of halogens is 1. The van der Waals surface area contributed by atoms with Crippen LogP contribution in [0.25, 0.3) is 10.9 Å². The Balaban J connectivity index is 0.000000605. The summed E-state index contributed by atoms with van der Waals surface area (Å²) >= 11 is 3.38. The number of rotatable bonds is 0. The van der Waals surface area contributed by atoms with Gasteiger partial charge in [0.25, 0.3) is 0 Å². The summed E-state index contributed by atoms with van der Waals surface area (Å²) in [7, 11) is 0. The first-order valence-electron chi connectivity index (χ1n) is 3.02. The fourth-order valence-corrected chi connectivity index (χ4v) is 1.42. The van der Waals surface area contributed by atoms with E-state index in [2.05, 4.69) is 27.1 Å². The second-order valence-corrected chi connectivity index (χ2v) is 2.90. The summed E-state index contributed by atoms with van der Waals surface area (Å²) in [6, 6.07) is 8.08. The van der Waals surface area contributed by atoms with Crippen LogP contribution in [0.3, 0.4) is 0 Å². The first kappa shape index (κ1) is 8.93. The van der Waals surface area contributed by atoms with Crippen LogP contribution < -0.4 is 18.9 Å². The number of H-pyrrole nitrogens is 1. The second-order valence-electron chi connectivity index (χ2n) is 2.11. The molecule has 0 aliphatic carbocycles. The van der Waals surface area contributed by atoms with Crippen LogP contribution in [-0.4, -0.2) is 4.98 Å². The standard InChI is InChI=1S/C8H5BrN.Li/c9-7-5-10-8-4-2-1-3-6(7)8;/h1-4,10H;/q-1;+1. The van der Waals surface area contributed by atoms with Crippen LogP contribution in [0.1, 0.15) is 0 Å². The van der Waals surface area contributed by atoms with Crippen molar-refractivity contribution in [2.45, 2.75) is 0 Å². The molecule has 0 saturated carbocycles. The summed E-state index contributed by atoms with van der Waals surface area (Å²) in [5.41, 5.74) is 1.12. The van der Waals surface area contributed by atoms with Crippen molar-refractivity contribution in [2.24, 2.45) is 0 Å². The Morgan fingerprint density at radius 1 is 1.27 bits per heavy atom. The van der Waals surface area contributed by atoms with E-state index in [9.17, 15) is 0 Å². The Kier molecular flexibility index (Phi) is 2.83. The minimum Gasteiger partial charge on any atom is -0.477 e. The van der Waals surface area contributed by atoms with Gasteiger partial charge in [-0.05, 0) is 0 Å². The van der Waals surface area contributed by atoms with Crippen molar-refractivity contribution in [3.63, 3.8) is 0 Å². The van der Waals surface area contributed by atoms with E-state index >= 15 is 0 Å². The molecular formula is C8H5BrLiN. The molecule has 0 bridgehead atoms. The molecule has 0 amide bonds. The Hall–Kier alpha value is -0.163. The molecule has 1 aromatic carbocycles. The van der Waals surface area contributed by atoms with Crippen molar-refractivity contribution in [1.82, 2.24) is 4.98 Å². The second kappa shape index (κ2) is 3.49. The van der Waals surface area contributed by atoms with Gasteiger partial charge < -0.3 is 4.98 Å². The van der Waals surface area contributed by atoms with Crippen LogP contribution in [0, 0.1) is 6.20 Å². The molecule has 0 fully saturated rings. The van der Waals surface area contributed by atoms with Gasteiger partial charge in [-0.25, -0.2) is 0 Å². The molecule has 3 heteroatoms. The minimum atomic E-state index is 0. The third-order valence-electron chi connectivity index (χ3n) is 1.47. The zero-order valence-corrected chi connectivity index (χ0v) is 7.77. The van der Waals surface area contributed by atoms with Gasteiger partial charge in [0, 0.05) is 0 Å². The maximum absolute atomic E-state index is 3.38. The fraction of sp³-hybridized carbons (Fsp3) is 0. The zero-order chi connectivity index (χ0) is 6.97. The molecule has 50 valence electrons. The number of hydrogen-bond acceptors (Lipinski definition) is 0. The summed E-state index contributed by atoms with van der Waals surface area (Å²) in [6.45, 7) is 0. The molecule has 11 heavy (non-hydrogen) atoms. The van der Waals surface area contributed by atoms with Crippen molar-refractivity contribution < 1.29 is 18.9 Å².